The van der Waals surface area contributed by atoms with E-state index >= 15 is 0 Å². The zero-order valence-corrected chi connectivity index (χ0v) is 19.5. The molecule has 31 heavy (non-hydrogen) atoms. The molecular weight excluding hydrogens is 439 g/mol. The summed E-state index contributed by atoms with van der Waals surface area (Å²) in [6, 6.07) is 29.4. The van der Waals surface area contributed by atoms with Crippen molar-refractivity contribution in [3.05, 3.63) is 100 Å². The smallest absolute Gasteiger partial charge is 0.0663 e. The zero-order chi connectivity index (χ0) is 21.3. The van der Waals surface area contributed by atoms with Crippen LogP contribution in [0.25, 0.3) is 32.7 Å². The van der Waals surface area contributed by atoms with Gasteiger partial charge in [-0.15, -0.1) is 0 Å². The average Bonchev–Trinajstić information content (AvgIpc) is 2.75. The maximum atomic E-state index is 3.90. The van der Waals surface area contributed by atoms with Gasteiger partial charge in [0.05, 0.1) is 0 Å². The molecule has 0 nitrogen and oxygen atoms in total. The lowest BCUT2D eigenvalue weighted by Gasteiger charge is -2.30. The van der Waals surface area contributed by atoms with Gasteiger partial charge in [0.25, 0.3) is 0 Å². The molecule has 6 rings (SSSR count). The molecule has 5 aromatic rings. The summed E-state index contributed by atoms with van der Waals surface area (Å²) in [5.41, 5.74) is 11.1. The quantitative estimate of drug-likeness (QED) is 0.257. The van der Waals surface area contributed by atoms with E-state index in [1.54, 1.807) is 0 Å². The third kappa shape index (κ3) is 2.68. The minimum atomic E-state index is 0.218. The van der Waals surface area contributed by atoms with E-state index in [-0.39, 0.29) is 6.71 Å². The molecule has 0 amide bonds. The second kappa shape index (κ2) is 6.83. The number of hydrogen-bond donors (Lipinski definition) is 0. The SMILES string of the molecule is Cc1cc(C)c(B2c3cc(Br)c4ccccc4c3-c3cccc4cccc2c34)c(C)c1. The second-order valence-electron chi connectivity index (χ2n) is 8.86. The molecule has 0 spiro atoms. The van der Waals surface area contributed by atoms with Crippen molar-refractivity contribution in [3.8, 4) is 11.1 Å². The Morgan fingerprint density at radius 2 is 1.35 bits per heavy atom. The van der Waals surface area contributed by atoms with Crippen LogP contribution < -0.4 is 16.4 Å². The highest BCUT2D eigenvalue weighted by Crippen LogP contribution is 2.38. The number of hydrogen-bond acceptors (Lipinski definition) is 0. The molecule has 1 aliphatic heterocycles. The summed E-state index contributed by atoms with van der Waals surface area (Å²) < 4.78 is 1.17. The van der Waals surface area contributed by atoms with Crippen LogP contribution in [-0.4, -0.2) is 6.71 Å². The van der Waals surface area contributed by atoms with Crippen LogP contribution in [0.15, 0.2) is 83.3 Å². The van der Waals surface area contributed by atoms with Crippen LogP contribution in [0.2, 0.25) is 0 Å². The summed E-state index contributed by atoms with van der Waals surface area (Å²) >= 11 is 3.90. The van der Waals surface area contributed by atoms with Crippen molar-refractivity contribution in [2.24, 2.45) is 0 Å². The Balaban J connectivity index is 1.85. The highest BCUT2D eigenvalue weighted by atomic mass is 79.9. The fourth-order valence-electron chi connectivity index (χ4n) is 5.82. The first-order valence-electron chi connectivity index (χ1n) is 10.9. The normalized spacial score (nSPS) is 12.5. The summed E-state index contributed by atoms with van der Waals surface area (Å²) in [5.74, 6) is 0. The summed E-state index contributed by atoms with van der Waals surface area (Å²) in [6.07, 6.45) is 0. The molecule has 0 saturated heterocycles. The van der Waals surface area contributed by atoms with Gasteiger partial charge in [-0.2, -0.15) is 0 Å². The largest absolute Gasteiger partial charge is 0.243 e. The summed E-state index contributed by atoms with van der Waals surface area (Å²) in [7, 11) is 0. The first kappa shape index (κ1) is 18.9. The van der Waals surface area contributed by atoms with Gasteiger partial charge in [-0.25, -0.2) is 0 Å². The van der Waals surface area contributed by atoms with Gasteiger partial charge in [0.15, 0.2) is 0 Å². The van der Waals surface area contributed by atoms with Gasteiger partial charge < -0.3 is 0 Å². The van der Waals surface area contributed by atoms with Crippen LogP contribution in [0.4, 0.5) is 0 Å². The van der Waals surface area contributed by atoms with E-state index in [9.17, 15) is 0 Å². The molecule has 148 valence electrons. The van der Waals surface area contributed by atoms with E-state index < -0.39 is 0 Å². The zero-order valence-electron chi connectivity index (χ0n) is 18.0. The van der Waals surface area contributed by atoms with E-state index in [4.69, 9.17) is 0 Å². The minimum Gasteiger partial charge on any atom is -0.0663 e. The lowest BCUT2D eigenvalue weighted by atomic mass is 9.32. The highest BCUT2D eigenvalue weighted by molar-refractivity contribution is 9.10. The van der Waals surface area contributed by atoms with Crippen LogP contribution in [-0.2, 0) is 0 Å². The van der Waals surface area contributed by atoms with Gasteiger partial charge in [-0.3, -0.25) is 0 Å². The van der Waals surface area contributed by atoms with Crippen LogP contribution in [0, 0.1) is 20.8 Å². The Hall–Kier alpha value is -2.84. The van der Waals surface area contributed by atoms with Gasteiger partial charge in [0.1, 0.15) is 0 Å². The summed E-state index contributed by atoms with van der Waals surface area (Å²) in [4.78, 5) is 0. The maximum Gasteiger partial charge on any atom is 0.243 e. The van der Waals surface area contributed by atoms with E-state index in [0.717, 1.165) is 0 Å². The molecule has 0 N–H and O–H groups in total. The molecule has 0 atom stereocenters. The molecule has 1 heterocycles. The monoisotopic (exact) mass is 460 g/mol. The van der Waals surface area contributed by atoms with Crippen molar-refractivity contribution in [1.82, 2.24) is 0 Å². The number of fused-ring (bicyclic) bond motifs is 4. The van der Waals surface area contributed by atoms with Gasteiger partial charge in [-0.05, 0) is 53.4 Å². The Morgan fingerprint density at radius 3 is 2.10 bits per heavy atom. The predicted octanol–water partition coefficient (Wildman–Crippen LogP) is 6.18. The molecule has 0 fully saturated rings. The number of benzene rings is 5. The molecule has 2 heteroatoms. The fourth-order valence-corrected chi connectivity index (χ4v) is 6.42. The van der Waals surface area contributed by atoms with Crippen LogP contribution in [0.5, 0.6) is 0 Å². The van der Waals surface area contributed by atoms with Crippen molar-refractivity contribution in [2.75, 3.05) is 0 Å². The first-order valence-corrected chi connectivity index (χ1v) is 11.6. The van der Waals surface area contributed by atoms with Crippen LogP contribution in [0.1, 0.15) is 16.7 Å². The van der Waals surface area contributed by atoms with Crippen molar-refractivity contribution in [1.29, 1.82) is 0 Å². The second-order valence-corrected chi connectivity index (χ2v) is 9.72. The fraction of sp³-hybridized carbons (Fsp3) is 0.103. The minimum absolute atomic E-state index is 0.218. The van der Waals surface area contributed by atoms with E-state index in [1.807, 2.05) is 0 Å². The Kier molecular flexibility index (Phi) is 4.17. The molecular formula is C29H22BBr. The Labute approximate surface area is 192 Å². The topological polar surface area (TPSA) is 0 Å². The molecule has 0 aromatic heterocycles. The third-order valence-electron chi connectivity index (χ3n) is 6.88. The Bertz CT molecular complexity index is 1500. The molecule has 5 aromatic carbocycles. The van der Waals surface area contributed by atoms with E-state index in [1.165, 1.54) is 70.2 Å². The van der Waals surface area contributed by atoms with E-state index in [0.29, 0.717) is 0 Å². The van der Waals surface area contributed by atoms with Crippen molar-refractivity contribution in [2.45, 2.75) is 20.8 Å². The van der Waals surface area contributed by atoms with Gasteiger partial charge in [0.2, 0.25) is 6.71 Å². The van der Waals surface area contributed by atoms with Crippen LogP contribution in [0.3, 0.4) is 0 Å². The first-order chi connectivity index (χ1) is 15.0. The van der Waals surface area contributed by atoms with Gasteiger partial charge in [0, 0.05) is 4.47 Å². The maximum absolute atomic E-state index is 3.90. The third-order valence-corrected chi connectivity index (χ3v) is 7.54. The van der Waals surface area contributed by atoms with Crippen molar-refractivity contribution in [3.63, 3.8) is 0 Å². The lowest BCUT2D eigenvalue weighted by Crippen LogP contribution is -2.56. The standard InChI is InChI=1S/C29H22BBr/c1-17-14-18(2)29(19(3)15-17)30-24-13-7-9-20-8-6-12-23(27(20)24)28-22-11-5-4-10-21(22)26(31)16-25(28)30/h4-16H,1-3H3. The average molecular weight is 461 g/mol. The van der Waals surface area contributed by atoms with E-state index in [2.05, 4.69) is 116 Å². The van der Waals surface area contributed by atoms with Crippen LogP contribution >= 0.6 is 15.9 Å². The number of aryl methyl sites for hydroxylation is 3. The van der Waals surface area contributed by atoms with Gasteiger partial charge >= 0.3 is 0 Å². The van der Waals surface area contributed by atoms with Gasteiger partial charge in [-0.1, -0.05) is 128 Å². The van der Waals surface area contributed by atoms with Crippen molar-refractivity contribution >= 4 is 60.6 Å². The van der Waals surface area contributed by atoms with Crippen molar-refractivity contribution < 1.29 is 0 Å². The molecule has 0 saturated carbocycles. The molecule has 0 bridgehead atoms. The lowest BCUT2D eigenvalue weighted by molar-refractivity contribution is 1.35. The summed E-state index contributed by atoms with van der Waals surface area (Å²) in [6.45, 7) is 6.95. The summed E-state index contributed by atoms with van der Waals surface area (Å²) in [5, 5.41) is 5.31. The molecule has 1 aliphatic rings. The molecule has 0 aliphatic carbocycles. The molecule has 0 radical (unpaired) electrons. The predicted molar refractivity (Wildman–Crippen MR) is 140 cm³/mol. The highest BCUT2D eigenvalue weighted by Gasteiger charge is 2.34. The Morgan fingerprint density at radius 1 is 0.677 bits per heavy atom. The molecule has 0 unspecified atom stereocenters. The number of rotatable bonds is 1. The number of halogens is 1.